The van der Waals surface area contributed by atoms with Crippen LogP contribution in [0.1, 0.15) is 39.2 Å². The van der Waals surface area contributed by atoms with Crippen LogP contribution in [-0.4, -0.2) is 18.1 Å². The monoisotopic (exact) mass is 286 g/mol. The fourth-order valence-corrected chi connectivity index (χ4v) is 2.68. The van der Waals surface area contributed by atoms with Crippen LogP contribution >= 0.6 is 0 Å². The first kappa shape index (κ1) is 15.1. The summed E-state index contributed by atoms with van der Waals surface area (Å²) in [5.74, 6) is 0.612. The molecule has 0 N–H and O–H groups in total. The van der Waals surface area contributed by atoms with Crippen LogP contribution in [0.15, 0.2) is 18.3 Å². The third-order valence-corrected chi connectivity index (χ3v) is 4.69. The Labute approximate surface area is 118 Å². The number of hydrogen-bond acceptors (Lipinski definition) is 2. The Kier molecular flexibility index (Phi) is 3.98. The zero-order valence-corrected chi connectivity index (χ0v) is 12.2. The van der Waals surface area contributed by atoms with Gasteiger partial charge in [0.2, 0.25) is 0 Å². The second-order valence-electron chi connectivity index (χ2n) is 6.17. The minimum atomic E-state index is -4.34. The number of hydrogen-bond donors (Lipinski definition) is 0. The van der Waals surface area contributed by atoms with Gasteiger partial charge in [-0.15, -0.1) is 0 Å². The van der Waals surface area contributed by atoms with Crippen molar-refractivity contribution in [2.75, 3.05) is 18.0 Å². The van der Waals surface area contributed by atoms with E-state index in [1.54, 1.807) is 4.90 Å². The smallest absolute Gasteiger partial charge is 0.356 e. The predicted molar refractivity (Wildman–Crippen MR) is 73.6 cm³/mol. The highest BCUT2D eigenvalue weighted by atomic mass is 19.4. The number of halogens is 3. The molecular weight excluding hydrogens is 265 g/mol. The lowest BCUT2D eigenvalue weighted by atomic mass is 9.72. The molecule has 2 rings (SSSR count). The molecule has 1 fully saturated rings. The van der Waals surface area contributed by atoms with Crippen LogP contribution in [0.3, 0.4) is 0 Å². The highest BCUT2D eigenvalue weighted by Crippen LogP contribution is 2.41. The summed E-state index contributed by atoms with van der Waals surface area (Å²) in [7, 11) is 0. The van der Waals surface area contributed by atoms with Gasteiger partial charge in [-0.2, -0.15) is 13.2 Å². The van der Waals surface area contributed by atoms with E-state index in [1.807, 2.05) is 0 Å². The topological polar surface area (TPSA) is 16.1 Å². The summed E-state index contributed by atoms with van der Waals surface area (Å²) in [4.78, 5) is 5.74. The molecule has 1 aromatic heterocycles. The number of piperidine rings is 1. The SMILES string of the molecule is CC(C)C1(C)CCN(c2ncccc2C(F)(F)F)CC1. The van der Waals surface area contributed by atoms with Crippen LogP contribution in [0.5, 0.6) is 0 Å². The largest absolute Gasteiger partial charge is 0.419 e. The zero-order valence-electron chi connectivity index (χ0n) is 12.2. The van der Waals surface area contributed by atoms with Crippen LogP contribution < -0.4 is 4.90 Å². The number of alkyl halides is 3. The zero-order chi connectivity index (χ0) is 15.0. The maximum absolute atomic E-state index is 13.0. The van der Waals surface area contributed by atoms with E-state index in [0.717, 1.165) is 18.9 Å². The van der Waals surface area contributed by atoms with E-state index in [2.05, 4.69) is 25.8 Å². The number of rotatable bonds is 2. The first-order chi connectivity index (χ1) is 9.24. The highest BCUT2D eigenvalue weighted by molar-refractivity contribution is 5.48. The summed E-state index contributed by atoms with van der Waals surface area (Å²) in [6.07, 6.45) is -1.11. The molecule has 0 radical (unpaired) electrons. The van der Waals surface area contributed by atoms with E-state index < -0.39 is 11.7 Å². The van der Waals surface area contributed by atoms with Gasteiger partial charge >= 0.3 is 6.18 Å². The quantitative estimate of drug-likeness (QED) is 0.803. The molecule has 2 nitrogen and oxygen atoms in total. The fraction of sp³-hybridized carbons (Fsp3) is 0.667. The maximum atomic E-state index is 13.0. The van der Waals surface area contributed by atoms with Crippen LogP contribution in [0.2, 0.25) is 0 Å². The van der Waals surface area contributed by atoms with E-state index in [9.17, 15) is 13.2 Å². The molecule has 2 heterocycles. The first-order valence-electron chi connectivity index (χ1n) is 7.01. The molecule has 5 heteroatoms. The Bertz CT molecular complexity index is 460. The summed E-state index contributed by atoms with van der Waals surface area (Å²) >= 11 is 0. The Morgan fingerprint density at radius 2 is 1.85 bits per heavy atom. The molecule has 20 heavy (non-hydrogen) atoms. The number of nitrogens with zero attached hydrogens (tertiary/aromatic N) is 2. The Balaban J connectivity index is 2.20. The van der Waals surface area contributed by atoms with Gasteiger partial charge in [-0.25, -0.2) is 4.98 Å². The van der Waals surface area contributed by atoms with Gasteiger partial charge in [-0.1, -0.05) is 20.8 Å². The van der Waals surface area contributed by atoms with E-state index in [-0.39, 0.29) is 11.2 Å². The van der Waals surface area contributed by atoms with E-state index in [4.69, 9.17) is 0 Å². The number of aromatic nitrogens is 1. The highest BCUT2D eigenvalue weighted by Gasteiger charge is 2.38. The summed E-state index contributed by atoms with van der Waals surface area (Å²) in [5, 5.41) is 0. The van der Waals surface area contributed by atoms with Gasteiger partial charge in [0.05, 0.1) is 5.56 Å². The summed E-state index contributed by atoms with van der Waals surface area (Å²) in [6.45, 7) is 7.84. The van der Waals surface area contributed by atoms with Gasteiger partial charge in [0.25, 0.3) is 0 Å². The number of pyridine rings is 1. The molecule has 1 aliphatic rings. The van der Waals surface area contributed by atoms with Crippen LogP contribution in [0, 0.1) is 11.3 Å². The molecule has 0 amide bonds. The van der Waals surface area contributed by atoms with Crippen molar-refractivity contribution in [3.05, 3.63) is 23.9 Å². The van der Waals surface area contributed by atoms with Crippen molar-refractivity contribution in [1.82, 2.24) is 4.98 Å². The van der Waals surface area contributed by atoms with Gasteiger partial charge in [0, 0.05) is 19.3 Å². The Morgan fingerprint density at radius 3 is 2.35 bits per heavy atom. The van der Waals surface area contributed by atoms with E-state index in [1.165, 1.54) is 12.3 Å². The van der Waals surface area contributed by atoms with Gasteiger partial charge < -0.3 is 4.90 Å². The van der Waals surface area contributed by atoms with Crippen molar-refractivity contribution in [2.45, 2.75) is 39.8 Å². The van der Waals surface area contributed by atoms with Crippen LogP contribution in [-0.2, 0) is 6.18 Å². The molecule has 1 aliphatic heterocycles. The molecule has 1 aromatic rings. The maximum Gasteiger partial charge on any atom is 0.419 e. The molecule has 112 valence electrons. The molecule has 0 aromatic carbocycles. The lowest BCUT2D eigenvalue weighted by molar-refractivity contribution is -0.137. The predicted octanol–water partition coefficient (Wildman–Crippen LogP) is 4.36. The summed E-state index contributed by atoms with van der Waals surface area (Å²) < 4.78 is 39.1. The Morgan fingerprint density at radius 1 is 1.25 bits per heavy atom. The van der Waals surface area contributed by atoms with Crippen molar-refractivity contribution >= 4 is 5.82 Å². The molecule has 0 aliphatic carbocycles. The van der Waals surface area contributed by atoms with E-state index in [0.29, 0.717) is 19.0 Å². The van der Waals surface area contributed by atoms with Crippen molar-refractivity contribution in [3.63, 3.8) is 0 Å². The second-order valence-corrected chi connectivity index (χ2v) is 6.17. The molecular formula is C15H21F3N2. The van der Waals surface area contributed by atoms with Crippen molar-refractivity contribution < 1.29 is 13.2 Å². The minimum Gasteiger partial charge on any atom is -0.356 e. The molecule has 0 bridgehead atoms. The van der Waals surface area contributed by atoms with Crippen molar-refractivity contribution in [1.29, 1.82) is 0 Å². The first-order valence-corrected chi connectivity index (χ1v) is 7.01. The van der Waals surface area contributed by atoms with Gasteiger partial charge in [-0.3, -0.25) is 0 Å². The summed E-state index contributed by atoms with van der Waals surface area (Å²) in [5.41, 5.74) is -0.419. The number of anilines is 1. The van der Waals surface area contributed by atoms with Gasteiger partial charge in [-0.05, 0) is 36.3 Å². The molecule has 1 saturated heterocycles. The summed E-state index contributed by atoms with van der Waals surface area (Å²) in [6, 6.07) is 2.45. The Hall–Kier alpha value is -1.26. The average molecular weight is 286 g/mol. The molecule has 0 saturated carbocycles. The van der Waals surface area contributed by atoms with Crippen molar-refractivity contribution in [3.8, 4) is 0 Å². The third-order valence-electron chi connectivity index (χ3n) is 4.69. The lowest BCUT2D eigenvalue weighted by Gasteiger charge is -2.43. The molecule has 0 unspecified atom stereocenters. The van der Waals surface area contributed by atoms with Gasteiger partial charge in [0.1, 0.15) is 5.82 Å². The molecule has 0 spiro atoms. The normalized spacial score (nSPS) is 19.4. The van der Waals surface area contributed by atoms with Crippen molar-refractivity contribution in [2.24, 2.45) is 11.3 Å². The standard InChI is InChI=1S/C15H21F3N2/c1-11(2)14(3)6-9-20(10-7-14)13-12(15(16,17)18)5-4-8-19-13/h4-5,8,11H,6-7,9-10H2,1-3H3. The average Bonchev–Trinajstić information content (AvgIpc) is 2.38. The second kappa shape index (κ2) is 5.26. The van der Waals surface area contributed by atoms with Gasteiger partial charge in [0.15, 0.2) is 0 Å². The van der Waals surface area contributed by atoms with Crippen LogP contribution in [0.4, 0.5) is 19.0 Å². The fourth-order valence-electron chi connectivity index (χ4n) is 2.68. The lowest BCUT2D eigenvalue weighted by Crippen LogP contribution is -2.42. The third kappa shape index (κ3) is 2.91. The van der Waals surface area contributed by atoms with E-state index >= 15 is 0 Å². The van der Waals surface area contributed by atoms with Crippen LogP contribution in [0.25, 0.3) is 0 Å². The minimum absolute atomic E-state index is 0.0748. The molecule has 0 atom stereocenters.